The summed E-state index contributed by atoms with van der Waals surface area (Å²) < 4.78 is 37.3. The SMILES string of the molecule is FC(F)(F)CN1C[C@@H]2CC1CN2c1ccc(Cl)cc1. The van der Waals surface area contributed by atoms with Crippen LogP contribution in [0.4, 0.5) is 18.9 Å². The molecule has 19 heavy (non-hydrogen) atoms. The van der Waals surface area contributed by atoms with E-state index < -0.39 is 12.7 Å². The van der Waals surface area contributed by atoms with Crippen LogP contribution in [0.2, 0.25) is 5.02 Å². The highest BCUT2D eigenvalue weighted by Crippen LogP contribution is 2.36. The van der Waals surface area contributed by atoms with Gasteiger partial charge in [0.2, 0.25) is 0 Å². The molecule has 0 amide bonds. The van der Waals surface area contributed by atoms with E-state index in [0.717, 1.165) is 12.1 Å². The first-order valence-corrected chi connectivity index (χ1v) is 6.63. The van der Waals surface area contributed by atoms with Crippen LogP contribution in [0.3, 0.4) is 0 Å². The molecule has 6 heteroatoms. The number of halogens is 4. The third-order valence-corrected chi connectivity index (χ3v) is 4.15. The third-order valence-electron chi connectivity index (χ3n) is 3.89. The van der Waals surface area contributed by atoms with E-state index in [2.05, 4.69) is 4.90 Å². The van der Waals surface area contributed by atoms with Gasteiger partial charge in [0.25, 0.3) is 0 Å². The lowest BCUT2D eigenvalue weighted by molar-refractivity contribution is -0.148. The molecule has 2 aliphatic heterocycles. The van der Waals surface area contributed by atoms with Crippen LogP contribution in [0, 0.1) is 0 Å². The number of benzene rings is 1. The normalized spacial score (nSPS) is 27.3. The summed E-state index contributed by atoms with van der Waals surface area (Å²) in [5, 5.41) is 0.673. The Morgan fingerprint density at radius 2 is 1.79 bits per heavy atom. The first-order valence-electron chi connectivity index (χ1n) is 6.25. The molecule has 2 heterocycles. The van der Waals surface area contributed by atoms with Crippen LogP contribution in [-0.4, -0.2) is 42.8 Å². The summed E-state index contributed by atoms with van der Waals surface area (Å²) in [5.41, 5.74) is 1.04. The lowest BCUT2D eigenvalue weighted by atomic mass is 10.2. The van der Waals surface area contributed by atoms with Crippen molar-refractivity contribution in [3.63, 3.8) is 0 Å². The Balaban J connectivity index is 1.68. The number of anilines is 1. The number of hydrogen-bond donors (Lipinski definition) is 0. The number of rotatable bonds is 2. The topological polar surface area (TPSA) is 6.48 Å². The zero-order chi connectivity index (χ0) is 13.6. The molecule has 0 aromatic heterocycles. The highest BCUT2D eigenvalue weighted by Gasteiger charge is 2.46. The predicted molar refractivity (Wildman–Crippen MR) is 68.6 cm³/mol. The van der Waals surface area contributed by atoms with E-state index in [1.807, 2.05) is 24.3 Å². The quantitative estimate of drug-likeness (QED) is 0.825. The maximum atomic E-state index is 12.4. The number of fused-ring (bicyclic) bond motifs is 2. The van der Waals surface area contributed by atoms with Crippen LogP contribution in [0.25, 0.3) is 0 Å². The number of hydrogen-bond acceptors (Lipinski definition) is 2. The minimum Gasteiger partial charge on any atom is -0.366 e. The van der Waals surface area contributed by atoms with E-state index in [-0.39, 0.29) is 12.1 Å². The molecule has 1 aromatic rings. The fourth-order valence-corrected chi connectivity index (χ4v) is 3.25. The van der Waals surface area contributed by atoms with Gasteiger partial charge in [0.05, 0.1) is 6.54 Å². The van der Waals surface area contributed by atoms with Crippen molar-refractivity contribution in [2.75, 3.05) is 24.5 Å². The van der Waals surface area contributed by atoms with Crippen molar-refractivity contribution >= 4 is 17.3 Å². The Hall–Kier alpha value is -0.940. The van der Waals surface area contributed by atoms with Crippen LogP contribution in [0.5, 0.6) is 0 Å². The van der Waals surface area contributed by atoms with Gasteiger partial charge in [-0.2, -0.15) is 13.2 Å². The molecule has 0 saturated carbocycles. The van der Waals surface area contributed by atoms with Gasteiger partial charge in [-0.3, -0.25) is 4.90 Å². The highest BCUT2D eigenvalue weighted by molar-refractivity contribution is 6.30. The van der Waals surface area contributed by atoms with Crippen LogP contribution in [0.15, 0.2) is 24.3 Å². The van der Waals surface area contributed by atoms with Crippen molar-refractivity contribution in [1.29, 1.82) is 0 Å². The van der Waals surface area contributed by atoms with Gasteiger partial charge in [-0.15, -0.1) is 0 Å². The molecule has 1 unspecified atom stereocenters. The summed E-state index contributed by atoms with van der Waals surface area (Å²) in [6.45, 7) is 0.373. The van der Waals surface area contributed by atoms with Gasteiger partial charge in [-0.05, 0) is 30.7 Å². The summed E-state index contributed by atoms with van der Waals surface area (Å²) in [4.78, 5) is 3.74. The minimum absolute atomic E-state index is 0.0160. The fourth-order valence-electron chi connectivity index (χ4n) is 3.12. The molecule has 0 aliphatic carbocycles. The van der Waals surface area contributed by atoms with E-state index in [4.69, 9.17) is 11.6 Å². The molecule has 3 rings (SSSR count). The zero-order valence-electron chi connectivity index (χ0n) is 10.2. The summed E-state index contributed by atoms with van der Waals surface area (Å²) in [5.74, 6) is 0. The molecule has 2 nitrogen and oxygen atoms in total. The maximum Gasteiger partial charge on any atom is 0.401 e. The highest BCUT2D eigenvalue weighted by atomic mass is 35.5. The molecule has 2 saturated heterocycles. The smallest absolute Gasteiger partial charge is 0.366 e. The zero-order valence-corrected chi connectivity index (χ0v) is 11.0. The van der Waals surface area contributed by atoms with E-state index in [1.165, 1.54) is 0 Å². The van der Waals surface area contributed by atoms with E-state index in [0.29, 0.717) is 18.1 Å². The second-order valence-electron chi connectivity index (χ2n) is 5.22. The Morgan fingerprint density at radius 1 is 1.11 bits per heavy atom. The van der Waals surface area contributed by atoms with Gasteiger partial charge in [-0.1, -0.05) is 11.6 Å². The molecule has 2 bridgehead atoms. The van der Waals surface area contributed by atoms with E-state index >= 15 is 0 Å². The second-order valence-corrected chi connectivity index (χ2v) is 5.65. The van der Waals surface area contributed by atoms with Gasteiger partial charge in [0, 0.05) is 35.9 Å². The lowest BCUT2D eigenvalue weighted by Gasteiger charge is -2.35. The Bertz CT molecular complexity index is 460. The average molecular weight is 291 g/mol. The van der Waals surface area contributed by atoms with Crippen LogP contribution in [0.1, 0.15) is 6.42 Å². The van der Waals surface area contributed by atoms with Crippen molar-refractivity contribution in [2.45, 2.75) is 24.7 Å². The fraction of sp³-hybridized carbons (Fsp3) is 0.538. The summed E-state index contributed by atoms with van der Waals surface area (Å²) in [7, 11) is 0. The Labute approximate surface area is 114 Å². The van der Waals surface area contributed by atoms with Gasteiger partial charge < -0.3 is 4.90 Å². The summed E-state index contributed by atoms with van der Waals surface area (Å²) >= 11 is 5.84. The molecule has 2 fully saturated rings. The molecule has 0 N–H and O–H groups in total. The largest absolute Gasteiger partial charge is 0.401 e. The summed E-state index contributed by atoms with van der Waals surface area (Å²) in [6.07, 6.45) is -3.28. The van der Waals surface area contributed by atoms with Crippen LogP contribution >= 0.6 is 11.6 Å². The Kier molecular flexibility index (Phi) is 3.14. The van der Waals surface area contributed by atoms with Crippen LogP contribution < -0.4 is 4.90 Å². The van der Waals surface area contributed by atoms with Gasteiger partial charge in [0.15, 0.2) is 0 Å². The standard InChI is InChI=1S/C13H14ClF3N2/c14-9-1-3-10(4-2-9)19-7-11-5-12(19)6-18(11)8-13(15,16)17/h1-4,11-12H,5-8H2/t11?,12-/m0/s1. The first-order chi connectivity index (χ1) is 8.92. The van der Waals surface area contributed by atoms with E-state index in [1.54, 1.807) is 4.90 Å². The Morgan fingerprint density at radius 3 is 2.32 bits per heavy atom. The molecule has 2 aliphatic rings. The summed E-state index contributed by atoms with van der Waals surface area (Å²) in [6, 6.07) is 7.69. The minimum atomic E-state index is -4.10. The van der Waals surface area contributed by atoms with Crippen molar-refractivity contribution in [2.24, 2.45) is 0 Å². The molecule has 1 aromatic carbocycles. The van der Waals surface area contributed by atoms with Gasteiger partial charge >= 0.3 is 6.18 Å². The average Bonchev–Trinajstić information content (AvgIpc) is 2.87. The van der Waals surface area contributed by atoms with Crippen molar-refractivity contribution in [1.82, 2.24) is 4.90 Å². The first kappa shape index (κ1) is 13.1. The number of alkyl halides is 3. The maximum absolute atomic E-state index is 12.4. The molecule has 2 atom stereocenters. The molecule has 0 radical (unpaired) electrons. The van der Waals surface area contributed by atoms with Gasteiger partial charge in [-0.25, -0.2) is 0 Å². The second kappa shape index (κ2) is 4.56. The number of likely N-dealkylation sites (tertiary alicyclic amines) is 1. The van der Waals surface area contributed by atoms with Crippen molar-refractivity contribution in [3.05, 3.63) is 29.3 Å². The molecular formula is C13H14ClF3N2. The number of piperazine rings is 1. The van der Waals surface area contributed by atoms with Crippen molar-refractivity contribution < 1.29 is 13.2 Å². The van der Waals surface area contributed by atoms with Crippen molar-refractivity contribution in [3.8, 4) is 0 Å². The van der Waals surface area contributed by atoms with Crippen LogP contribution in [-0.2, 0) is 0 Å². The molecule has 0 spiro atoms. The number of nitrogens with zero attached hydrogens (tertiary/aromatic N) is 2. The van der Waals surface area contributed by atoms with Gasteiger partial charge in [0.1, 0.15) is 0 Å². The molecule has 104 valence electrons. The molecular weight excluding hydrogens is 277 g/mol. The third kappa shape index (κ3) is 2.67. The predicted octanol–water partition coefficient (Wildman–Crippen LogP) is 3.17. The monoisotopic (exact) mass is 290 g/mol. The van der Waals surface area contributed by atoms with E-state index in [9.17, 15) is 13.2 Å². The lowest BCUT2D eigenvalue weighted by Crippen LogP contribution is -2.49.